The quantitative estimate of drug-likeness (QED) is 0.270. The Morgan fingerprint density at radius 1 is 0.878 bits per heavy atom. The maximum Gasteiger partial charge on any atom is 0.408 e. The monoisotopic (exact) mass is 569 g/mol. The van der Waals surface area contributed by atoms with Gasteiger partial charge in [-0.2, -0.15) is 0 Å². The Morgan fingerprint density at radius 2 is 1.46 bits per heavy atom. The molecule has 3 amide bonds. The average molecular weight is 570 g/mol. The second kappa shape index (κ2) is 16.2. The lowest BCUT2D eigenvalue weighted by Gasteiger charge is -2.34. The lowest BCUT2D eigenvalue weighted by atomic mass is 9.99. The molecule has 224 valence electrons. The van der Waals surface area contributed by atoms with Crippen LogP contribution in [0.2, 0.25) is 0 Å². The first-order chi connectivity index (χ1) is 19.4. The number of nitrogens with zero attached hydrogens (tertiary/aromatic N) is 1. The standard InChI is InChI=1S/C31H43N3O7/c1-22(2)19-26(28(36)39-6)34(18-17-32-29(37)40-21-24-15-11-8-12-16-24)27(35)25(20-23-13-9-7-10-14-23)33-30(38)41-31(3,4)5/h7-16,22,25-26H,17-21H2,1-6H3,(H,32,37)(H,33,38)/t25-,26?/m0/s1. The Labute approximate surface area is 242 Å². The van der Waals surface area contributed by atoms with Gasteiger partial charge < -0.3 is 29.7 Å². The van der Waals surface area contributed by atoms with E-state index in [0.29, 0.717) is 6.42 Å². The third kappa shape index (κ3) is 12.3. The predicted octanol–water partition coefficient (Wildman–Crippen LogP) is 4.47. The van der Waals surface area contributed by atoms with E-state index in [1.54, 1.807) is 20.8 Å². The number of benzene rings is 2. The molecule has 0 aliphatic heterocycles. The van der Waals surface area contributed by atoms with Gasteiger partial charge >= 0.3 is 18.2 Å². The number of rotatable bonds is 13. The molecular formula is C31H43N3O7. The maximum atomic E-state index is 14.1. The summed E-state index contributed by atoms with van der Waals surface area (Å²) >= 11 is 0. The van der Waals surface area contributed by atoms with Crippen molar-refractivity contribution in [2.45, 2.75) is 71.8 Å². The fourth-order valence-corrected chi connectivity index (χ4v) is 4.11. The van der Waals surface area contributed by atoms with Gasteiger partial charge in [0.2, 0.25) is 5.91 Å². The van der Waals surface area contributed by atoms with Crippen molar-refractivity contribution in [3.63, 3.8) is 0 Å². The van der Waals surface area contributed by atoms with Crippen molar-refractivity contribution in [2.75, 3.05) is 20.2 Å². The summed E-state index contributed by atoms with van der Waals surface area (Å²) in [5, 5.41) is 5.33. The number of ether oxygens (including phenoxy) is 3. The molecule has 0 saturated heterocycles. The van der Waals surface area contributed by atoms with Gasteiger partial charge in [-0.15, -0.1) is 0 Å². The molecular weight excluding hydrogens is 526 g/mol. The van der Waals surface area contributed by atoms with Gasteiger partial charge in [0.05, 0.1) is 7.11 Å². The predicted molar refractivity (Wildman–Crippen MR) is 155 cm³/mol. The van der Waals surface area contributed by atoms with Crippen LogP contribution in [0.15, 0.2) is 60.7 Å². The van der Waals surface area contributed by atoms with E-state index >= 15 is 0 Å². The highest BCUT2D eigenvalue weighted by Crippen LogP contribution is 2.17. The Morgan fingerprint density at radius 3 is 2.00 bits per heavy atom. The summed E-state index contributed by atoms with van der Waals surface area (Å²) in [6.07, 6.45) is -0.931. The molecule has 0 radical (unpaired) electrons. The molecule has 1 unspecified atom stereocenters. The first-order valence-corrected chi connectivity index (χ1v) is 13.8. The lowest BCUT2D eigenvalue weighted by Crippen LogP contribution is -2.57. The SMILES string of the molecule is COC(=O)C(CC(C)C)N(CCNC(=O)OCc1ccccc1)C(=O)[C@H](Cc1ccccc1)NC(=O)OC(C)(C)C. The van der Waals surface area contributed by atoms with E-state index in [4.69, 9.17) is 14.2 Å². The van der Waals surface area contributed by atoms with Crippen LogP contribution >= 0.6 is 0 Å². The van der Waals surface area contributed by atoms with Crippen LogP contribution in [0.25, 0.3) is 0 Å². The van der Waals surface area contributed by atoms with Gasteiger partial charge in [0.15, 0.2) is 0 Å². The van der Waals surface area contributed by atoms with Gasteiger partial charge in [0.1, 0.15) is 24.3 Å². The molecule has 2 rings (SSSR count). The zero-order valence-corrected chi connectivity index (χ0v) is 24.8. The van der Waals surface area contributed by atoms with Crippen LogP contribution in [0, 0.1) is 5.92 Å². The maximum absolute atomic E-state index is 14.1. The van der Waals surface area contributed by atoms with Gasteiger partial charge in [0, 0.05) is 19.5 Å². The molecule has 0 saturated carbocycles. The number of carbonyl (C=O) groups is 4. The highest BCUT2D eigenvalue weighted by Gasteiger charge is 2.36. The second-order valence-corrected chi connectivity index (χ2v) is 11.1. The number of nitrogens with one attached hydrogen (secondary N) is 2. The van der Waals surface area contributed by atoms with Crippen LogP contribution in [0.3, 0.4) is 0 Å². The number of alkyl carbamates (subject to hydrolysis) is 2. The van der Waals surface area contributed by atoms with Crippen molar-refractivity contribution in [2.24, 2.45) is 5.92 Å². The van der Waals surface area contributed by atoms with E-state index in [1.165, 1.54) is 12.0 Å². The Balaban J connectivity index is 2.26. The minimum absolute atomic E-state index is 0.00937. The van der Waals surface area contributed by atoms with Crippen molar-refractivity contribution in [3.05, 3.63) is 71.8 Å². The van der Waals surface area contributed by atoms with Crippen LogP contribution in [0.4, 0.5) is 9.59 Å². The summed E-state index contributed by atoms with van der Waals surface area (Å²) in [4.78, 5) is 53.4. The summed E-state index contributed by atoms with van der Waals surface area (Å²) < 4.78 is 15.7. The molecule has 2 aromatic carbocycles. The van der Waals surface area contributed by atoms with Crippen molar-refractivity contribution in [1.82, 2.24) is 15.5 Å². The number of amides is 3. The topological polar surface area (TPSA) is 123 Å². The highest BCUT2D eigenvalue weighted by molar-refractivity contribution is 5.90. The van der Waals surface area contributed by atoms with Gasteiger partial charge in [-0.3, -0.25) is 4.79 Å². The fourth-order valence-electron chi connectivity index (χ4n) is 4.11. The number of hydrogen-bond donors (Lipinski definition) is 2. The molecule has 2 atom stereocenters. The van der Waals surface area contributed by atoms with Gasteiger partial charge in [-0.25, -0.2) is 14.4 Å². The largest absolute Gasteiger partial charge is 0.467 e. The lowest BCUT2D eigenvalue weighted by molar-refractivity contribution is -0.154. The normalized spacial score (nSPS) is 12.6. The van der Waals surface area contributed by atoms with Crippen molar-refractivity contribution in [3.8, 4) is 0 Å². The average Bonchev–Trinajstić information content (AvgIpc) is 2.92. The van der Waals surface area contributed by atoms with Crippen molar-refractivity contribution >= 4 is 24.1 Å². The van der Waals surface area contributed by atoms with Crippen LogP contribution in [-0.4, -0.2) is 66.8 Å². The van der Waals surface area contributed by atoms with Crippen LogP contribution < -0.4 is 10.6 Å². The molecule has 0 fully saturated rings. The Kier molecular flexibility index (Phi) is 13.1. The van der Waals surface area contributed by atoms with Crippen molar-refractivity contribution < 1.29 is 33.4 Å². The molecule has 10 nitrogen and oxygen atoms in total. The minimum atomic E-state index is -1.04. The highest BCUT2D eigenvalue weighted by atomic mass is 16.6. The molecule has 2 aromatic rings. The summed E-state index contributed by atoms with van der Waals surface area (Å²) in [5.74, 6) is -1.05. The molecule has 2 N–H and O–H groups in total. The molecule has 0 aromatic heterocycles. The third-order valence-electron chi connectivity index (χ3n) is 5.93. The molecule has 41 heavy (non-hydrogen) atoms. The van der Waals surface area contributed by atoms with Crippen molar-refractivity contribution in [1.29, 1.82) is 0 Å². The van der Waals surface area contributed by atoms with E-state index < -0.39 is 41.7 Å². The smallest absolute Gasteiger partial charge is 0.408 e. The Hall–Kier alpha value is -4.08. The number of hydrogen-bond acceptors (Lipinski definition) is 7. The van der Waals surface area contributed by atoms with E-state index in [0.717, 1.165) is 11.1 Å². The summed E-state index contributed by atoms with van der Waals surface area (Å²) in [5.41, 5.74) is 0.863. The summed E-state index contributed by atoms with van der Waals surface area (Å²) in [6.45, 7) is 9.12. The second-order valence-electron chi connectivity index (χ2n) is 11.1. The van der Waals surface area contributed by atoms with Gasteiger partial charge in [-0.1, -0.05) is 74.5 Å². The molecule has 10 heteroatoms. The fraction of sp³-hybridized carbons (Fsp3) is 0.484. The van der Waals surface area contributed by atoms with E-state index in [2.05, 4.69) is 10.6 Å². The number of esters is 1. The summed E-state index contributed by atoms with van der Waals surface area (Å²) in [7, 11) is 1.26. The summed E-state index contributed by atoms with van der Waals surface area (Å²) in [6, 6.07) is 16.5. The number of methoxy groups -OCH3 is 1. The zero-order valence-electron chi connectivity index (χ0n) is 24.8. The van der Waals surface area contributed by atoms with Crippen LogP contribution in [-0.2, 0) is 36.8 Å². The van der Waals surface area contributed by atoms with Crippen LogP contribution in [0.1, 0.15) is 52.2 Å². The minimum Gasteiger partial charge on any atom is -0.467 e. The van der Waals surface area contributed by atoms with Gasteiger partial charge in [-0.05, 0) is 44.2 Å². The molecule has 0 aliphatic rings. The first kappa shape index (κ1) is 33.1. The number of carbonyl (C=O) groups excluding carboxylic acids is 4. The van der Waals surface area contributed by atoms with Gasteiger partial charge in [0.25, 0.3) is 0 Å². The molecule has 0 bridgehead atoms. The van der Waals surface area contributed by atoms with E-state index in [-0.39, 0.29) is 32.0 Å². The van der Waals surface area contributed by atoms with E-state index in [9.17, 15) is 19.2 Å². The Bertz CT molecular complexity index is 1120. The third-order valence-corrected chi connectivity index (χ3v) is 5.93. The molecule has 0 aliphatic carbocycles. The van der Waals surface area contributed by atoms with Crippen LogP contribution in [0.5, 0.6) is 0 Å². The first-order valence-electron chi connectivity index (χ1n) is 13.8. The molecule has 0 heterocycles. The molecule has 0 spiro atoms. The zero-order chi connectivity index (χ0) is 30.4. The van der Waals surface area contributed by atoms with E-state index in [1.807, 2.05) is 74.5 Å².